The van der Waals surface area contributed by atoms with Gasteiger partial charge in [0, 0.05) is 23.1 Å². The Bertz CT molecular complexity index is 597. The van der Waals surface area contributed by atoms with Crippen molar-refractivity contribution < 1.29 is 0 Å². The van der Waals surface area contributed by atoms with E-state index in [9.17, 15) is 0 Å². The number of aromatic nitrogens is 3. The van der Waals surface area contributed by atoms with Crippen molar-refractivity contribution in [2.45, 2.75) is 19.3 Å². The Morgan fingerprint density at radius 1 is 0.950 bits per heavy atom. The predicted molar refractivity (Wildman–Crippen MR) is 84.0 cm³/mol. The molecule has 20 heavy (non-hydrogen) atoms. The van der Waals surface area contributed by atoms with Gasteiger partial charge in [-0.25, -0.2) is 0 Å². The van der Waals surface area contributed by atoms with Crippen molar-refractivity contribution in [1.29, 1.82) is 0 Å². The average molecular weight is 354 g/mol. The van der Waals surface area contributed by atoms with Crippen molar-refractivity contribution in [2.24, 2.45) is 0 Å². The molecule has 0 spiro atoms. The van der Waals surface area contributed by atoms with Gasteiger partial charge in [-0.2, -0.15) is 15.0 Å². The van der Waals surface area contributed by atoms with Gasteiger partial charge in [0.2, 0.25) is 11.2 Å². The Morgan fingerprint density at radius 3 is 2.35 bits per heavy atom. The monoisotopic (exact) mass is 352 g/mol. The van der Waals surface area contributed by atoms with E-state index in [1.165, 1.54) is 19.3 Å². The van der Waals surface area contributed by atoms with Crippen molar-refractivity contribution in [3.8, 4) is 11.4 Å². The highest BCUT2D eigenvalue weighted by Crippen LogP contribution is 2.23. The summed E-state index contributed by atoms with van der Waals surface area (Å²) in [5, 5.41) is 0.249. The van der Waals surface area contributed by atoms with E-state index in [0.717, 1.165) is 23.1 Å². The third-order valence-corrected chi connectivity index (χ3v) is 4.04. The Labute approximate surface area is 131 Å². The van der Waals surface area contributed by atoms with Crippen molar-refractivity contribution in [3.05, 3.63) is 34.0 Å². The van der Waals surface area contributed by atoms with Gasteiger partial charge in [-0.05, 0) is 43.0 Å². The fraction of sp³-hybridized carbons (Fsp3) is 0.357. The minimum atomic E-state index is 0.249. The number of hydrogen-bond donors (Lipinski definition) is 0. The summed E-state index contributed by atoms with van der Waals surface area (Å²) in [5.41, 5.74) is 0.941. The molecule has 0 radical (unpaired) electrons. The third kappa shape index (κ3) is 3.10. The lowest BCUT2D eigenvalue weighted by Crippen LogP contribution is -2.31. The first-order valence-corrected chi connectivity index (χ1v) is 7.82. The minimum absolute atomic E-state index is 0.249. The molecule has 1 aliphatic heterocycles. The fourth-order valence-corrected chi connectivity index (χ4v) is 2.72. The maximum atomic E-state index is 6.05. The van der Waals surface area contributed by atoms with Gasteiger partial charge < -0.3 is 4.90 Å². The molecule has 1 aliphatic rings. The van der Waals surface area contributed by atoms with Gasteiger partial charge in [0.1, 0.15) is 0 Å². The smallest absolute Gasteiger partial charge is 0.230 e. The van der Waals surface area contributed by atoms with Gasteiger partial charge in [-0.3, -0.25) is 0 Å². The molecule has 2 heterocycles. The van der Waals surface area contributed by atoms with E-state index >= 15 is 0 Å². The van der Waals surface area contributed by atoms with Crippen LogP contribution in [-0.4, -0.2) is 28.0 Å². The van der Waals surface area contributed by atoms with Crippen molar-refractivity contribution >= 4 is 33.5 Å². The molecule has 1 saturated heterocycles. The molecule has 0 amide bonds. The highest BCUT2D eigenvalue weighted by Gasteiger charge is 2.16. The zero-order chi connectivity index (χ0) is 13.9. The molecule has 4 nitrogen and oxygen atoms in total. The Morgan fingerprint density at radius 2 is 1.65 bits per heavy atom. The summed E-state index contributed by atoms with van der Waals surface area (Å²) in [6, 6.07) is 7.87. The molecule has 0 saturated carbocycles. The van der Waals surface area contributed by atoms with Crippen LogP contribution in [0.3, 0.4) is 0 Å². The Hall–Kier alpha value is -1.20. The van der Waals surface area contributed by atoms with Crippen molar-refractivity contribution in [1.82, 2.24) is 15.0 Å². The van der Waals surface area contributed by atoms with Crippen molar-refractivity contribution in [3.63, 3.8) is 0 Å². The highest BCUT2D eigenvalue weighted by atomic mass is 79.9. The second-order valence-corrected chi connectivity index (χ2v) is 6.04. The summed E-state index contributed by atoms with van der Waals surface area (Å²) in [6.45, 7) is 1.97. The maximum Gasteiger partial charge on any atom is 0.230 e. The van der Waals surface area contributed by atoms with Crippen LogP contribution in [-0.2, 0) is 0 Å². The van der Waals surface area contributed by atoms with Crippen LogP contribution >= 0.6 is 27.5 Å². The van der Waals surface area contributed by atoms with E-state index in [-0.39, 0.29) is 5.28 Å². The van der Waals surface area contributed by atoms with Crippen molar-refractivity contribution in [2.75, 3.05) is 18.0 Å². The maximum absolute atomic E-state index is 6.05. The third-order valence-electron chi connectivity index (χ3n) is 3.34. The molecule has 0 aliphatic carbocycles. The Kier molecular flexibility index (Phi) is 4.17. The van der Waals surface area contributed by atoms with Crippen LogP contribution in [0.2, 0.25) is 5.28 Å². The van der Waals surface area contributed by atoms with Gasteiger partial charge in [0.05, 0.1) is 0 Å². The summed E-state index contributed by atoms with van der Waals surface area (Å²) in [6.07, 6.45) is 3.63. The van der Waals surface area contributed by atoms with E-state index in [0.29, 0.717) is 11.8 Å². The van der Waals surface area contributed by atoms with E-state index < -0.39 is 0 Å². The van der Waals surface area contributed by atoms with E-state index in [1.54, 1.807) is 0 Å². The zero-order valence-electron chi connectivity index (χ0n) is 10.9. The van der Waals surface area contributed by atoms with Crippen LogP contribution in [0.5, 0.6) is 0 Å². The molecular weight excluding hydrogens is 340 g/mol. The quantitative estimate of drug-likeness (QED) is 0.820. The lowest BCUT2D eigenvalue weighted by molar-refractivity contribution is 0.567. The number of piperidine rings is 1. The number of rotatable bonds is 2. The zero-order valence-corrected chi connectivity index (χ0v) is 13.2. The number of nitrogens with zero attached hydrogens (tertiary/aromatic N) is 4. The van der Waals surface area contributed by atoms with E-state index in [2.05, 4.69) is 35.8 Å². The van der Waals surface area contributed by atoms with Crippen LogP contribution in [0.4, 0.5) is 5.95 Å². The fourth-order valence-electron chi connectivity index (χ4n) is 2.30. The summed E-state index contributed by atoms with van der Waals surface area (Å²) in [4.78, 5) is 15.2. The summed E-state index contributed by atoms with van der Waals surface area (Å²) < 4.78 is 1.03. The molecule has 3 rings (SSSR count). The molecule has 2 aromatic rings. The van der Waals surface area contributed by atoms with E-state index in [1.807, 2.05) is 24.3 Å². The summed E-state index contributed by atoms with van der Waals surface area (Å²) in [5.74, 6) is 1.31. The predicted octanol–water partition coefficient (Wildman–Crippen LogP) is 3.94. The van der Waals surface area contributed by atoms with Crippen LogP contribution in [0.15, 0.2) is 28.7 Å². The molecule has 1 aromatic carbocycles. The molecule has 1 fully saturated rings. The molecule has 0 bridgehead atoms. The van der Waals surface area contributed by atoms with Crippen LogP contribution in [0.1, 0.15) is 19.3 Å². The normalized spacial score (nSPS) is 15.4. The minimum Gasteiger partial charge on any atom is -0.341 e. The highest BCUT2D eigenvalue weighted by molar-refractivity contribution is 9.10. The second-order valence-electron chi connectivity index (χ2n) is 4.78. The number of benzene rings is 1. The molecule has 104 valence electrons. The summed E-state index contributed by atoms with van der Waals surface area (Å²) >= 11 is 9.47. The van der Waals surface area contributed by atoms with Gasteiger partial charge in [-0.1, -0.05) is 28.1 Å². The molecule has 0 atom stereocenters. The first-order valence-electron chi connectivity index (χ1n) is 6.65. The van der Waals surface area contributed by atoms with Gasteiger partial charge in [0.25, 0.3) is 0 Å². The molecule has 0 unspecified atom stereocenters. The first-order chi connectivity index (χ1) is 9.72. The van der Waals surface area contributed by atoms with Crippen LogP contribution < -0.4 is 4.90 Å². The number of halogens is 2. The topological polar surface area (TPSA) is 41.9 Å². The standard InChI is InChI=1S/C14H14BrClN4/c15-11-6-4-10(5-7-11)12-17-13(16)19-14(18-12)20-8-2-1-3-9-20/h4-7H,1-3,8-9H2. The molecular formula is C14H14BrClN4. The SMILES string of the molecule is Clc1nc(-c2ccc(Br)cc2)nc(N2CCCCC2)n1. The number of hydrogen-bond acceptors (Lipinski definition) is 4. The van der Waals surface area contributed by atoms with E-state index in [4.69, 9.17) is 11.6 Å². The largest absolute Gasteiger partial charge is 0.341 e. The lowest BCUT2D eigenvalue weighted by atomic mass is 10.1. The Balaban J connectivity index is 1.95. The molecule has 6 heteroatoms. The van der Waals surface area contributed by atoms with Crippen LogP contribution in [0, 0.1) is 0 Å². The number of anilines is 1. The average Bonchev–Trinajstić information content (AvgIpc) is 2.48. The second kappa shape index (κ2) is 6.06. The molecule has 1 aromatic heterocycles. The molecule has 0 N–H and O–H groups in total. The summed E-state index contributed by atoms with van der Waals surface area (Å²) in [7, 11) is 0. The van der Waals surface area contributed by atoms with Gasteiger partial charge in [-0.15, -0.1) is 0 Å². The first kappa shape index (κ1) is 13.8. The lowest BCUT2D eigenvalue weighted by Gasteiger charge is -2.26. The van der Waals surface area contributed by atoms with Gasteiger partial charge >= 0.3 is 0 Å². The van der Waals surface area contributed by atoms with Gasteiger partial charge in [0.15, 0.2) is 5.82 Å². The van der Waals surface area contributed by atoms with Crippen LogP contribution in [0.25, 0.3) is 11.4 Å².